The number of rotatable bonds is 10. The lowest BCUT2D eigenvalue weighted by Gasteiger charge is -2.27. The summed E-state index contributed by atoms with van der Waals surface area (Å²) in [7, 11) is 0. The monoisotopic (exact) mass is 420 g/mol. The molecule has 31 heavy (non-hydrogen) atoms. The molecule has 0 saturated heterocycles. The highest BCUT2D eigenvalue weighted by Gasteiger charge is 2.20. The summed E-state index contributed by atoms with van der Waals surface area (Å²) in [5.41, 5.74) is 3.13. The normalized spacial score (nSPS) is 16.2. The molecule has 1 unspecified atom stereocenters. The highest BCUT2D eigenvalue weighted by molar-refractivity contribution is 5.49. The summed E-state index contributed by atoms with van der Waals surface area (Å²) in [5.74, 6) is 0.872. The summed E-state index contributed by atoms with van der Waals surface area (Å²) in [6.45, 7) is 9.99. The predicted octanol–water partition coefficient (Wildman–Crippen LogP) is 7.41. The zero-order chi connectivity index (χ0) is 22.1. The van der Waals surface area contributed by atoms with Gasteiger partial charge in [0.2, 0.25) is 0 Å². The minimum absolute atomic E-state index is 0.211. The minimum atomic E-state index is -0.304. The van der Waals surface area contributed by atoms with Crippen LogP contribution in [-0.4, -0.2) is 18.0 Å². The molecule has 1 atom stereocenters. The largest absolute Gasteiger partial charge is 0.488 e. The van der Waals surface area contributed by atoms with Gasteiger partial charge >= 0.3 is 0 Å². The topological polar surface area (TPSA) is 27.7 Å². The Morgan fingerprint density at radius 3 is 2.26 bits per heavy atom. The smallest absolute Gasteiger partial charge is 0.196 e. The molecular formula is C28H36O3. The zero-order valence-electron chi connectivity index (χ0n) is 19.2. The fourth-order valence-electron chi connectivity index (χ4n) is 4.00. The van der Waals surface area contributed by atoms with Gasteiger partial charge in [-0.1, -0.05) is 68.3 Å². The Kier molecular flexibility index (Phi) is 8.36. The van der Waals surface area contributed by atoms with Gasteiger partial charge in [-0.15, -0.1) is 0 Å². The molecule has 2 aromatic carbocycles. The van der Waals surface area contributed by atoms with Crippen LogP contribution in [0.15, 0.2) is 61.4 Å². The SMILES string of the molecule is C=Cc1ccc(OC(C)(C)Cc2ccc(C=COC(C)OC3CCCCC3)cc2)cc1. The maximum atomic E-state index is 6.21. The molecule has 0 radical (unpaired) electrons. The van der Waals surface area contributed by atoms with E-state index in [1.807, 2.05) is 43.3 Å². The predicted molar refractivity (Wildman–Crippen MR) is 129 cm³/mol. The van der Waals surface area contributed by atoms with Crippen molar-refractivity contribution >= 4 is 12.2 Å². The number of hydrogen-bond donors (Lipinski definition) is 0. The van der Waals surface area contributed by atoms with Gasteiger partial charge in [0.1, 0.15) is 11.4 Å². The van der Waals surface area contributed by atoms with Crippen molar-refractivity contribution in [3.8, 4) is 5.75 Å². The Hall–Kier alpha value is -2.52. The van der Waals surface area contributed by atoms with E-state index >= 15 is 0 Å². The van der Waals surface area contributed by atoms with Crippen molar-refractivity contribution < 1.29 is 14.2 Å². The lowest BCUT2D eigenvalue weighted by molar-refractivity contribution is -0.136. The second-order valence-corrected chi connectivity index (χ2v) is 8.96. The first-order valence-electron chi connectivity index (χ1n) is 11.4. The van der Waals surface area contributed by atoms with Crippen molar-refractivity contribution in [2.45, 2.75) is 77.3 Å². The highest BCUT2D eigenvalue weighted by atomic mass is 16.7. The van der Waals surface area contributed by atoms with Crippen molar-refractivity contribution in [1.82, 2.24) is 0 Å². The van der Waals surface area contributed by atoms with Crippen LogP contribution in [0.1, 0.15) is 69.6 Å². The molecule has 3 rings (SSSR count). The maximum absolute atomic E-state index is 6.21. The Labute approximate surface area is 187 Å². The van der Waals surface area contributed by atoms with Gasteiger partial charge in [-0.3, -0.25) is 0 Å². The quantitative estimate of drug-likeness (QED) is 0.296. The first-order chi connectivity index (χ1) is 14.9. The van der Waals surface area contributed by atoms with Gasteiger partial charge in [-0.2, -0.15) is 0 Å². The number of ether oxygens (including phenoxy) is 3. The van der Waals surface area contributed by atoms with Crippen LogP contribution in [0.4, 0.5) is 0 Å². The maximum Gasteiger partial charge on any atom is 0.196 e. The van der Waals surface area contributed by atoms with Crippen LogP contribution in [0.5, 0.6) is 5.75 Å². The van der Waals surface area contributed by atoms with E-state index in [0.29, 0.717) is 6.10 Å². The Morgan fingerprint density at radius 2 is 1.61 bits per heavy atom. The molecule has 0 aliphatic heterocycles. The van der Waals surface area contributed by atoms with Crippen LogP contribution in [0.25, 0.3) is 12.2 Å². The van der Waals surface area contributed by atoms with Crippen molar-refractivity contribution in [2.24, 2.45) is 0 Å². The van der Waals surface area contributed by atoms with Gasteiger partial charge in [0.05, 0.1) is 12.4 Å². The van der Waals surface area contributed by atoms with Crippen molar-refractivity contribution in [3.63, 3.8) is 0 Å². The molecule has 1 saturated carbocycles. The van der Waals surface area contributed by atoms with Crippen LogP contribution >= 0.6 is 0 Å². The highest BCUT2D eigenvalue weighted by Crippen LogP contribution is 2.24. The van der Waals surface area contributed by atoms with Crippen LogP contribution in [0.2, 0.25) is 0 Å². The molecule has 1 aliphatic rings. The molecule has 0 N–H and O–H groups in total. The second-order valence-electron chi connectivity index (χ2n) is 8.96. The van der Waals surface area contributed by atoms with Crippen LogP contribution in [-0.2, 0) is 15.9 Å². The fraction of sp³-hybridized carbons (Fsp3) is 0.429. The lowest BCUT2D eigenvalue weighted by Crippen LogP contribution is -2.30. The molecule has 0 amide bonds. The lowest BCUT2D eigenvalue weighted by atomic mass is 9.97. The van der Waals surface area contributed by atoms with Gasteiger partial charge < -0.3 is 14.2 Å². The standard InChI is InChI=1S/C28H36O3/c1-5-23-15-17-27(18-16-23)31-28(3,4)21-25-13-11-24(12-14-25)19-20-29-22(2)30-26-9-7-6-8-10-26/h5,11-20,22,26H,1,6-10,21H2,2-4H3. The first kappa shape index (κ1) is 23.1. The molecule has 166 valence electrons. The minimum Gasteiger partial charge on any atom is -0.488 e. The molecule has 2 aromatic rings. The van der Waals surface area contributed by atoms with Crippen LogP contribution in [0, 0.1) is 0 Å². The van der Waals surface area contributed by atoms with Gasteiger partial charge in [0.25, 0.3) is 0 Å². The molecule has 3 nitrogen and oxygen atoms in total. The van der Waals surface area contributed by atoms with E-state index in [-0.39, 0.29) is 11.9 Å². The molecule has 0 heterocycles. The summed E-state index contributed by atoms with van der Waals surface area (Å²) < 4.78 is 17.9. The van der Waals surface area contributed by atoms with Crippen LogP contribution in [0.3, 0.4) is 0 Å². The average Bonchev–Trinajstić information content (AvgIpc) is 2.76. The van der Waals surface area contributed by atoms with E-state index in [1.165, 1.54) is 24.8 Å². The summed E-state index contributed by atoms with van der Waals surface area (Å²) in [5, 5.41) is 0. The summed E-state index contributed by atoms with van der Waals surface area (Å²) >= 11 is 0. The van der Waals surface area contributed by atoms with Crippen LogP contribution < -0.4 is 4.74 Å². The molecular weight excluding hydrogens is 384 g/mol. The number of benzene rings is 2. The number of hydrogen-bond acceptors (Lipinski definition) is 3. The molecule has 0 aromatic heterocycles. The molecule has 0 bridgehead atoms. The van der Waals surface area contributed by atoms with E-state index in [0.717, 1.165) is 36.1 Å². The summed E-state index contributed by atoms with van der Waals surface area (Å²) in [4.78, 5) is 0. The van der Waals surface area contributed by atoms with Gasteiger partial charge in [-0.25, -0.2) is 0 Å². The van der Waals surface area contributed by atoms with E-state index in [1.54, 1.807) is 6.26 Å². The Bertz CT molecular complexity index is 828. The third kappa shape index (κ3) is 7.91. The average molecular weight is 421 g/mol. The third-order valence-electron chi connectivity index (χ3n) is 5.59. The molecule has 3 heteroatoms. The van der Waals surface area contributed by atoms with E-state index < -0.39 is 0 Å². The van der Waals surface area contributed by atoms with Gasteiger partial charge in [0, 0.05) is 6.42 Å². The molecule has 1 aliphatic carbocycles. The fourth-order valence-corrected chi connectivity index (χ4v) is 4.00. The Morgan fingerprint density at radius 1 is 0.968 bits per heavy atom. The van der Waals surface area contributed by atoms with Crippen molar-refractivity contribution in [2.75, 3.05) is 0 Å². The van der Waals surface area contributed by atoms with Gasteiger partial charge in [-0.05, 0) is 68.5 Å². The zero-order valence-corrected chi connectivity index (χ0v) is 19.2. The second kappa shape index (κ2) is 11.2. The summed E-state index contributed by atoms with van der Waals surface area (Å²) in [6, 6.07) is 16.5. The first-order valence-corrected chi connectivity index (χ1v) is 11.4. The van der Waals surface area contributed by atoms with Crippen molar-refractivity contribution in [1.29, 1.82) is 0 Å². The summed E-state index contributed by atoms with van der Waals surface area (Å²) in [6.07, 6.45) is 12.7. The Balaban J connectivity index is 1.47. The third-order valence-corrected chi connectivity index (χ3v) is 5.59. The van der Waals surface area contributed by atoms with Crippen molar-refractivity contribution in [3.05, 3.63) is 78.1 Å². The van der Waals surface area contributed by atoms with Gasteiger partial charge in [0.15, 0.2) is 6.29 Å². The molecule has 1 fully saturated rings. The van der Waals surface area contributed by atoms with E-state index in [4.69, 9.17) is 14.2 Å². The van der Waals surface area contributed by atoms with E-state index in [2.05, 4.69) is 44.7 Å². The molecule has 0 spiro atoms. The van der Waals surface area contributed by atoms with E-state index in [9.17, 15) is 0 Å².